The number of aromatic amines is 1. The maximum Gasteiger partial charge on any atom is 0.0896 e. The van der Waals surface area contributed by atoms with E-state index >= 15 is 0 Å². The molecule has 2 N–H and O–H groups in total. The van der Waals surface area contributed by atoms with Crippen molar-refractivity contribution < 1.29 is 5.21 Å². The van der Waals surface area contributed by atoms with Gasteiger partial charge in [0.1, 0.15) is 0 Å². The molecular formula is C9H7BrN2O. The number of nitrogens with one attached hydrogen (secondary N) is 1. The first-order valence-corrected chi connectivity index (χ1v) is 4.55. The highest BCUT2D eigenvalue weighted by molar-refractivity contribution is 9.10. The second-order valence-electron chi connectivity index (χ2n) is 2.67. The van der Waals surface area contributed by atoms with Crippen LogP contribution < -0.4 is 0 Å². The quantitative estimate of drug-likeness (QED) is 0.448. The van der Waals surface area contributed by atoms with Gasteiger partial charge in [0.25, 0.3) is 0 Å². The van der Waals surface area contributed by atoms with Crippen LogP contribution in [0, 0.1) is 0 Å². The van der Waals surface area contributed by atoms with E-state index in [1.165, 1.54) is 6.21 Å². The van der Waals surface area contributed by atoms with Crippen LogP contribution in [-0.2, 0) is 0 Å². The molecular weight excluding hydrogens is 232 g/mol. The minimum Gasteiger partial charge on any atom is -0.411 e. The summed E-state index contributed by atoms with van der Waals surface area (Å²) < 4.78 is 1.03. The van der Waals surface area contributed by atoms with E-state index < -0.39 is 0 Å². The second kappa shape index (κ2) is 3.22. The fourth-order valence-electron chi connectivity index (χ4n) is 1.27. The molecule has 0 saturated carbocycles. The van der Waals surface area contributed by atoms with Gasteiger partial charge in [0.2, 0.25) is 0 Å². The molecule has 66 valence electrons. The van der Waals surface area contributed by atoms with Gasteiger partial charge in [-0.1, -0.05) is 27.2 Å². The second-order valence-corrected chi connectivity index (χ2v) is 3.52. The lowest BCUT2D eigenvalue weighted by Gasteiger charge is -1.90. The number of hydrogen-bond donors (Lipinski definition) is 2. The van der Waals surface area contributed by atoms with Gasteiger partial charge in [0.05, 0.1) is 11.9 Å². The van der Waals surface area contributed by atoms with Crippen LogP contribution >= 0.6 is 15.9 Å². The van der Waals surface area contributed by atoms with Crippen molar-refractivity contribution in [3.63, 3.8) is 0 Å². The topological polar surface area (TPSA) is 48.4 Å². The van der Waals surface area contributed by atoms with Crippen LogP contribution in [0.1, 0.15) is 5.69 Å². The molecule has 0 aliphatic carbocycles. The number of aromatic nitrogens is 1. The Balaban J connectivity index is 2.68. The van der Waals surface area contributed by atoms with E-state index in [2.05, 4.69) is 26.1 Å². The smallest absolute Gasteiger partial charge is 0.0896 e. The van der Waals surface area contributed by atoms with Crippen molar-refractivity contribution in [3.8, 4) is 0 Å². The van der Waals surface area contributed by atoms with E-state index in [9.17, 15) is 0 Å². The Bertz CT molecular complexity index is 462. The Morgan fingerprint density at radius 2 is 2.31 bits per heavy atom. The minimum atomic E-state index is 0.782. The van der Waals surface area contributed by atoms with E-state index in [1.54, 1.807) is 0 Å². The van der Waals surface area contributed by atoms with Crippen LogP contribution in [-0.4, -0.2) is 16.4 Å². The first-order chi connectivity index (χ1) is 6.31. The van der Waals surface area contributed by atoms with E-state index in [-0.39, 0.29) is 0 Å². The number of nitrogens with zero attached hydrogens (tertiary/aromatic N) is 1. The summed E-state index contributed by atoms with van der Waals surface area (Å²) in [4.78, 5) is 3.10. The van der Waals surface area contributed by atoms with Gasteiger partial charge >= 0.3 is 0 Å². The summed E-state index contributed by atoms with van der Waals surface area (Å²) in [7, 11) is 0. The maximum absolute atomic E-state index is 8.35. The predicted octanol–water partition coefficient (Wildman–Crippen LogP) is 2.74. The minimum absolute atomic E-state index is 0.782. The molecule has 2 aromatic rings. The van der Waals surface area contributed by atoms with Gasteiger partial charge in [-0.15, -0.1) is 0 Å². The van der Waals surface area contributed by atoms with Crippen molar-refractivity contribution in [2.24, 2.45) is 5.16 Å². The number of hydrogen-bond acceptors (Lipinski definition) is 2. The van der Waals surface area contributed by atoms with Crippen molar-refractivity contribution in [3.05, 3.63) is 34.4 Å². The maximum atomic E-state index is 8.35. The van der Waals surface area contributed by atoms with Gasteiger partial charge in [-0.2, -0.15) is 0 Å². The zero-order chi connectivity index (χ0) is 9.26. The van der Waals surface area contributed by atoms with E-state index in [1.807, 2.05) is 24.3 Å². The summed E-state index contributed by atoms with van der Waals surface area (Å²) in [6.07, 6.45) is 1.37. The largest absolute Gasteiger partial charge is 0.411 e. The van der Waals surface area contributed by atoms with Gasteiger partial charge in [-0.3, -0.25) is 0 Å². The lowest BCUT2D eigenvalue weighted by Crippen LogP contribution is -1.77. The predicted molar refractivity (Wildman–Crippen MR) is 55.4 cm³/mol. The fraction of sp³-hybridized carbons (Fsp3) is 0. The third kappa shape index (κ3) is 1.45. The van der Waals surface area contributed by atoms with Crippen molar-refractivity contribution >= 4 is 33.0 Å². The van der Waals surface area contributed by atoms with Crippen LogP contribution in [0.4, 0.5) is 0 Å². The molecule has 0 aliphatic heterocycles. The number of benzene rings is 1. The summed E-state index contributed by atoms with van der Waals surface area (Å²) in [6, 6.07) is 7.80. The molecule has 0 fully saturated rings. The lowest BCUT2D eigenvalue weighted by atomic mass is 10.2. The van der Waals surface area contributed by atoms with Gasteiger partial charge in [-0.25, -0.2) is 0 Å². The van der Waals surface area contributed by atoms with E-state index in [0.717, 1.165) is 21.1 Å². The van der Waals surface area contributed by atoms with Crippen LogP contribution in [0.25, 0.3) is 10.9 Å². The molecule has 0 radical (unpaired) electrons. The lowest BCUT2D eigenvalue weighted by molar-refractivity contribution is 0.321. The summed E-state index contributed by atoms with van der Waals surface area (Å²) in [5.74, 6) is 0. The van der Waals surface area contributed by atoms with Crippen molar-refractivity contribution in [2.45, 2.75) is 0 Å². The third-order valence-corrected chi connectivity index (χ3v) is 2.52. The van der Waals surface area contributed by atoms with Crippen LogP contribution in [0.5, 0.6) is 0 Å². The highest BCUT2D eigenvalue weighted by Gasteiger charge is 2.01. The molecule has 0 spiro atoms. The Morgan fingerprint density at radius 3 is 3.00 bits per heavy atom. The molecule has 2 rings (SSSR count). The summed E-state index contributed by atoms with van der Waals surface area (Å²) in [6.45, 7) is 0. The SMILES string of the molecule is O/N=C/c1cc2c(Br)cccc2[nH]1. The molecule has 0 unspecified atom stereocenters. The standard InChI is InChI=1S/C9H7BrN2O/c10-8-2-1-3-9-7(8)4-6(12-9)5-11-13/h1-5,12-13H/b11-5+. The Kier molecular flexibility index (Phi) is 2.06. The zero-order valence-corrected chi connectivity index (χ0v) is 8.25. The van der Waals surface area contributed by atoms with Gasteiger partial charge in [0.15, 0.2) is 0 Å². The monoisotopic (exact) mass is 238 g/mol. The molecule has 0 amide bonds. The molecule has 13 heavy (non-hydrogen) atoms. The van der Waals surface area contributed by atoms with Gasteiger partial charge in [0, 0.05) is 15.4 Å². The normalized spacial score (nSPS) is 11.5. The summed E-state index contributed by atoms with van der Waals surface area (Å²) in [5.41, 5.74) is 1.80. The number of H-pyrrole nitrogens is 1. The van der Waals surface area contributed by atoms with E-state index in [4.69, 9.17) is 5.21 Å². The number of fused-ring (bicyclic) bond motifs is 1. The molecule has 0 saturated heterocycles. The third-order valence-electron chi connectivity index (χ3n) is 1.83. The van der Waals surface area contributed by atoms with Crippen LogP contribution in [0.15, 0.2) is 33.9 Å². The first-order valence-electron chi connectivity index (χ1n) is 3.76. The van der Waals surface area contributed by atoms with Gasteiger partial charge < -0.3 is 10.2 Å². The Labute approximate surface area is 83.2 Å². The number of oxime groups is 1. The number of halogens is 1. The average molecular weight is 239 g/mol. The molecule has 0 atom stereocenters. The zero-order valence-electron chi connectivity index (χ0n) is 6.66. The molecule has 1 aromatic heterocycles. The first kappa shape index (κ1) is 8.31. The molecule has 0 bridgehead atoms. The Morgan fingerprint density at radius 1 is 1.46 bits per heavy atom. The summed E-state index contributed by atoms with van der Waals surface area (Å²) >= 11 is 3.43. The fourth-order valence-corrected chi connectivity index (χ4v) is 1.75. The summed E-state index contributed by atoms with van der Waals surface area (Å²) in [5, 5.41) is 12.4. The van der Waals surface area contributed by atoms with E-state index in [0.29, 0.717) is 0 Å². The van der Waals surface area contributed by atoms with Crippen LogP contribution in [0.2, 0.25) is 0 Å². The van der Waals surface area contributed by atoms with Gasteiger partial charge in [-0.05, 0) is 18.2 Å². The highest BCUT2D eigenvalue weighted by Crippen LogP contribution is 2.23. The number of rotatable bonds is 1. The molecule has 1 heterocycles. The van der Waals surface area contributed by atoms with Crippen molar-refractivity contribution in [1.29, 1.82) is 0 Å². The van der Waals surface area contributed by atoms with Crippen molar-refractivity contribution in [2.75, 3.05) is 0 Å². The molecule has 4 heteroatoms. The van der Waals surface area contributed by atoms with Crippen molar-refractivity contribution in [1.82, 2.24) is 4.98 Å². The highest BCUT2D eigenvalue weighted by atomic mass is 79.9. The molecule has 3 nitrogen and oxygen atoms in total. The average Bonchev–Trinajstić information content (AvgIpc) is 2.49. The molecule has 1 aromatic carbocycles. The van der Waals surface area contributed by atoms with Crippen LogP contribution in [0.3, 0.4) is 0 Å². The molecule has 0 aliphatic rings. The Hall–Kier alpha value is -1.29.